The topological polar surface area (TPSA) is 70.3 Å². The number of methoxy groups -OCH3 is 1. The maximum Gasteiger partial charge on any atom is 0.203 e. The van der Waals surface area contributed by atoms with Gasteiger partial charge in [0.25, 0.3) is 0 Å². The molecule has 6 heteroatoms. The van der Waals surface area contributed by atoms with Crippen LogP contribution in [0.3, 0.4) is 0 Å². The number of nitrogens with zero attached hydrogens (tertiary/aromatic N) is 1. The van der Waals surface area contributed by atoms with Gasteiger partial charge in [-0.1, -0.05) is 27.5 Å². The highest BCUT2D eigenvalue weighted by Crippen LogP contribution is 2.33. The molecule has 2 aromatic rings. The lowest BCUT2D eigenvalue weighted by Gasteiger charge is -2.07. The molecule has 0 saturated carbocycles. The Morgan fingerprint density at radius 3 is 2.57 bits per heavy atom. The van der Waals surface area contributed by atoms with Gasteiger partial charge in [0.1, 0.15) is 11.6 Å². The van der Waals surface area contributed by atoms with Gasteiger partial charge in [-0.2, -0.15) is 5.26 Å². The number of phenols is 1. The van der Waals surface area contributed by atoms with Crippen molar-refractivity contribution >= 4 is 39.4 Å². The second-order valence-corrected chi connectivity index (χ2v) is 5.84. The number of Topliss-reactive ketones (excluding diaryl/α,β-unsaturated/α-hetero) is 1. The van der Waals surface area contributed by atoms with Crippen LogP contribution in [-0.4, -0.2) is 18.0 Å². The number of aromatic hydroxyl groups is 1. The summed E-state index contributed by atoms with van der Waals surface area (Å²) in [5.41, 5.74) is 0.788. The smallest absolute Gasteiger partial charge is 0.203 e. The van der Waals surface area contributed by atoms with Crippen molar-refractivity contribution in [1.29, 1.82) is 5.26 Å². The first-order valence-corrected chi connectivity index (χ1v) is 7.62. The molecule has 0 aliphatic heterocycles. The SMILES string of the molecule is COc1cc(Br)c(/C=C(\C#N)C(=O)c2ccc(Cl)cc2)cc1O. The molecule has 0 aliphatic rings. The standard InChI is InChI=1S/C17H11BrClNO3/c1-23-16-8-14(18)11(7-15(16)21)6-12(9-20)17(22)10-2-4-13(19)5-3-10/h2-8,21H,1H3/b12-6+. The van der Waals surface area contributed by atoms with Gasteiger partial charge in [0.15, 0.2) is 11.5 Å². The van der Waals surface area contributed by atoms with Gasteiger partial charge >= 0.3 is 0 Å². The van der Waals surface area contributed by atoms with Crippen LogP contribution in [0.2, 0.25) is 5.02 Å². The molecule has 0 spiro atoms. The molecule has 0 aromatic heterocycles. The van der Waals surface area contributed by atoms with Gasteiger partial charge in [0, 0.05) is 15.1 Å². The predicted octanol–water partition coefficient (Wildman–Crippen LogP) is 4.61. The molecular weight excluding hydrogens is 382 g/mol. The fraction of sp³-hybridized carbons (Fsp3) is 0.0588. The van der Waals surface area contributed by atoms with Gasteiger partial charge < -0.3 is 9.84 Å². The quantitative estimate of drug-likeness (QED) is 0.469. The summed E-state index contributed by atoms with van der Waals surface area (Å²) in [6.45, 7) is 0. The fourth-order valence-electron chi connectivity index (χ4n) is 1.89. The maximum atomic E-state index is 12.4. The highest BCUT2D eigenvalue weighted by molar-refractivity contribution is 9.10. The molecule has 0 bridgehead atoms. The molecule has 0 heterocycles. The predicted molar refractivity (Wildman–Crippen MR) is 91.7 cm³/mol. The molecule has 0 saturated heterocycles. The Balaban J connectivity index is 2.43. The average Bonchev–Trinajstić information content (AvgIpc) is 2.55. The summed E-state index contributed by atoms with van der Waals surface area (Å²) >= 11 is 9.11. The van der Waals surface area contributed by atoms with Crippen LogP contribution in [0.4, 0.5) is 0 Å². The Morgan fingerprint density at radius 1 is 1.35 bits per heavy atom. The van der Waals surface area contributed by atoms with Gasteiger partial charge in [-0.25, -0.2) is 0 Å². The lowest BCUT2D eigenvalue weighted by atomic mass is 10.0. The number of halogens is 2. The van der Waals surface area contributed by atoms with E-state index in [1.54, 1.807) is 30.3 Å². The minimum Gasteiger partial charge on any atom is -0.504 e. The summed E-state index contributed by atoms with van der Waals surface area (Å²) in [4.78, 5) is 12.4. The lowest BCUT2D eigenvalue weighted by Crippen LogP contribution is -2.01. The van der Waals surface area contributed by atoms with E-state index >= 15 is 0 Å². The third-order valence-corrected chi connectivity index (χ3v) is 4.01. The minimum absolute atomic E-state index is 0.0578. The number of ether oxygens (including phenoxy) is 1. The zero-order valence-electron chi connectivity index (χ0n) is 12.0. The van der Waals surface area contributed by atoms with Crippen LogP contribution in [0.5, 0.6) is 11.5 Å². The lowest BCUT2D eigenvalue weighted by molar-refractivity contribution is 0.104. The van der Waals surface area contributed by atoms with Gasteiger partial charge in [-0.05, 0) is 48.0 Å². The average molecular weight is 393 g/mol. The first kappa shape index (κ1) is 17.1. The third-order valence-electron chi connectivity index (χ3n) is 3.07. The van der Waals surface area contributed by atoms with E-state index in [1.807, 2.05) is 6.07 Å². The van der Waals surface area contributed by atoms with Crippen molar-refractivity contribution in [2.45, 2.75) is 0 Å². The Hall–Kier alpha value is -2.29. The number of ketones is 1. The number of allylic oxidation sites excluding steroid dienone is 1. The summed E-state index contributed by atoms with van der Waals surface area (Å²) < 4.78 is 5.58. The molecule has 2 aromatic carbocycles. The molecule has 23 heavy (non-hydrogen) atoms. The van der Waals surface area contributed by atoms with Gasteiger partial charge in [0.2, 0.25) is 5.78 Å². The molecule has 0 radical (unpaired) electrons. The van der Waals surface area contributed by atoms with Gasteiger partial charge in [-0.15, -0.1) is 0 Å². The number of benzene rings is 2. The monoisotopic (exact) mass is 391 g/mol. The van der Waals surface area contributed by atoms with E-state index in [0.717, 1.165) is 0 Å². The van der Waals surface area contributed by atoms with Crippen LogP contribution in [0.15, 0.2) is 46.4 Å². The van der Waals surface area contributed by atoms with E-state index < -0.39 is 5.78 Å². The van der Waals surface area contributed by atoms with Crippen molar-refractivity contribution in [3.05, 3.63) is 62.6 Å². The number of rotatable bonds is 4. The molecule has 2 rings (SSSR count). The van der Waals surface area contributed by atoms with E-state index in [9.17, 15) is 15.2 Å². The molecule has 0 fully saturated rings. The van der Waals surface area contributed by atoms with Crippen molar-refractivity contribution in [2.75, 3.05) is 7.11 Å². The maximum absolute atomic E-state index is 12.4. The fourth-order valence-corrected chi connectivity index (χ4v) is 2.46. The molecular formula is C17H11BrClNO3. The van der Waals surface area contributed by atoms with Crippen molar-refractivity contribution in [3.8, 4) is 17.6 Å². The molecule has 0 aliphatic carbocycles. The molecule has 4 nitrogen and oxygen atoms in total. The zero-order valence-corrected chi connectivity index (χ0v) is 14.4. The number of phenolic OH excluding ortho intramolecular Hbond substituents is 1. The van der Waals surface area contributed by atoms with Crippen LogP contribution in [0.1, 0.15) is 15.9 Å². The van der Waals surface area contributed by atoms with Crippen molar-refractivity contribution < 1.29 is 14.6 Å². The molecule has 0 atom stereocenters. The van der Waals surface area contributed by atoms with E-state index in [4.69, 9.17) is 16.3 Å². The van der Waals surface area contributed by atoms with Crippen molar-refractivity contribution in [3.63, 3.8) is 0 Å². The molecule has 116 valence electrons. The van der Waals surface area contributed by atoms with E-state index in [2.05, 4.69) is 15.9 Å². The second-order valence-electron chi connectivity index (χ2n) is 4.55. The first-order valence-electron chi connectivity index (χ1n) is 6.45. The number of hydrogen-bond acceptors (Lipinski definition) is 4. The van der Waals surface area contributed by atoms with E-state index in [1.165, 1.54) is 19.3 Å². The Labute approximate surface area is 146 Å². The molecule has 0 amide bonds. The molecule has 1 N–H and O–H groups in total. The largest absolute Gasteiger partial charge is 0.504 e. The van der Waals surface area contributed by atoms with Crippen LogP contribution < -0.4 is 4.74 Å². The first-order chi connectivity index (χ1) is 11.0. The highest BCUT2D eigenvalue weighted by atomic mass is 79.9. The van der Waals surface area contributed by atoms with E-state index in [0.29, 0.717) is 20.6 Å². The summed E-state index contributed by atoms with van der Waals surface area (Å²) in [7, 11) is 1.43. The summed E-state index contributed by atoms with van der Waals surface area (Å²) in [6.07, 6.45) is 1.40. The van der Waals surface area contributed by atoms with Crippen LogP contribution in [0, 0.1) is 11.3 Å². The van der Waals surface area contributed by atoms with E-state index in [-0.39, 0.29) is 17.1 Å². The minimum atomic E-state index is -0.425. The normalized spacial score (nSPS) is 11.0. The number of carbonyl (C=O) groups excluding carboxylic acids is 1. The summed E-state index contributed by atoms with van der Waals surface area (Å²) in [6, 6.07) is 11.1. The molecule has 0 unspecified atom stereocenters. The van der Waals surface area contributed by atoms with Gasteiger partial charge in [0.05, 0.1) is 7.11 Å². The number of nitriles is 1. The Kier molecular flexibility index (Phi) is 5.43. The summed E-state index contributed by atoms with van der Waals surface area (Å²) in [5, 5.41) is 19.6. The Bertz CT molecular complexity index is 823. The van der Waals surface area contributed by atoms with Crippen LogP contribution >= 0.6 is 27.5 Å². The Morgan fingerprint density at radius 2 is 2.00 bits per heavy atom. The zero-order chi connectivity index (χ0) is 17.0. The summed E-state index contributed by atoms with van der Waals surface area (Å²) in [5.74, 6) is -0.221. The number of carbonyl (C=O) groups is 1. The highest BCUT2D eigenvalue weighted by Gasteiger charge is 2.14. The van der Waals surface area contributed by atoms with Crippen LogP contribution in [-0.2, 0) is 0 Å². The van der Waals surface area contributed by atoms with Gasteiger partial charge in [-0.3, -0.25) is 4.79 Å². The van der Waals surface area contributed by atoms with Crippen molar-refractivity contribution in [1.82, 2.24) is 0 Å². The third kappa shape index (κ3) is 3.92. The second kappa shape index (κ2) is 7.32. The van der Waals surface area contributed by atoms with Crippen molar-refractivity contribution in [2.24, 2.45) is 0 Å². The number of hydrogen-bond donors (Lipinski definition) is 1. The van der Waals surface area contributed by atoms with Crippen LogP contribution in [0.25, 0.3) is 6.08 Å².